The fourth-order valence-corrected chi connectivity index (χ4v) is 3.35. The second-order valence-corrected chi connectivity index (χ2v) is 8.27. The summed E-state index contributed by atoms with van der Waals surface area (Å²) >= 11 is 5.58. The lowest BCUT2D eigenvalue weighted by molar-refractivity contribution is -0.133. The summed E-state index contributed by atoms with van der Waals surface area (Å²) in [5, 5.41) is 9.21. The smallest absolute Gasteiger partial charge is 0.314 e. The summed E-state index contributed by atoms with van der Waals surface area (Å²) in [6.07, 6.45) is 0. The van der Waals surface area contributed by atoms with Gasteiger partial charge in [0.15, 0.2) is 5.76 Å². The summed E-state index contributed by atoms with van der Waals surface area (Å²) in [4.78, 5) is 15.3. The van der Waals surface area contributed by atoms with Gasteiger partial charge in [-0.2, -0.15) is 0 Å². The number of thioether (sulfide) groups is 1. The highest BCUT2D eigenvalue weighted by atomic mass is 127. The fraction of sp³-hybridized carbons (Fsp3) is 0.0588. The van der Waals surface area contributed by atoms with Gasteiger partial charge in [0.2, 0.25) is 0 Å². The Morgan fingerprint density at radius 3 is 2.08 bits per heavy atom. The van der Waals surface area contributed by atoms with Gasteiger partial charge in [-0.15, -0.1) is 0 Å². The van der Waals surface area contributed by atoms with Crippen molar-refractivity contribution in [1.29, 1.82) is 0 Å². The number of carboxylic acids is 1. The van der Waals surface area contributed by atoms with E-state index >= 15 is 0 Å². The summed E-state index contributed by atoms with van der Waals surface area (Å²) in [6, 6.07) is 15.9. The van der Waals surface area contributed by atoms with E-state index in [4.69, 9.17) is 9.52 Å². The number of oxazole rings is 1. The highest BCUT2D eigenvalue weighted by molar-refractivity contribution is 14.1. The van der Waals surface area contributed by atoms with Crippen LogP contribution >= 0.6 is 56.9 Å². The van der Waals surface area contributed by atoms with Crippen molar-refractivity contribution in [3.05, 3.63) is 55.7 Å². The number of benzene rings is 2. The molecule has 3 aromatic rings. The molecule has 0 bridgehead atoms. The molecule has 0 saturated carbocycles. The molecule has 4 nitrogen and oxygen atoms in total. The highest BCUT2D eigenvalue weighted by Gasteiger charge is 2.18. The minimum Gasteiger partial charge on any atom is -0.481 e. The number of halogens is 2. The van der Waals surface area contributed by atoms with Gasteiger partial charge in [-0.25, -0.2) is 4.98 Å². The molecule has 0 unspecified atom stereocenters. The van der Waals surface area contributed by atoms with Crippen molar-refractivity contribution in [3.8, 4) is 22.6 Å². The minimum absolute atomic E-state index is 0.0846. The standard InChI is InChI=1S/C17H11I2NO3S/c18-12-5-1-10(2-6-12)15-16(11-3-7-13(19)8-4-11)23-17(20-15)24-9-14(21)22/h1-8H,9H2,(H,21,22). The molecule has 1 aromatic heterocycles. The number of hydrogen-bond acceptors (Lipinski definition) is 4. The van der Waals surface area contributed by atoms with Crippen LogP contribution in [0.25, 0.3) is 22.6 Å². The lowest BCUT2D eigenvalue weighted by Crippen LogP contribution is -1.97. The number of carboxylic acid groups (broad SMARTS) is 1. The molecule has 0 aliphatic heterocycles. The SMILES string of the molecule is O=C(O)CSc1nc(-c2ccc(I)cc2)c(-c2ccc(I)cc2)o1. The van der Waals surface area contributed by atoms with Crippen LogP contribution in [0.5, 0.6) is 0 Å². The van der Waals surface area contributed by atoms with Crippen LogP contribution in [0, 0.1) is 7.14 Å². The monoisotopic (exact) mass is 563 g/mol. The Bertz CT molecular complexity index is 798. The number of rotatable bonds is 5. The Labute approximate surface area is 170 Å². The van der Waals surface area contributed by atoms with Crippen molar-refractivity contribution >= 4 is 62.9 Å². The van der Waals surface area contributed by atoms with E-state index in [9.17, 15) is 4.79 Å². The molecule has 0 fully saturated rings. The van der Waals surface area contributed by atoms with Crippen LogP contribution in [-0.2, 0) is 4.79 Å². The number of carbonyl (C=O) groups is 1. The predicted molar refractivity (Wildman–Crippen MR) is 111 cm³/mol. The van der Waals surface area contributed by atoms with E-state index in [2.05, 4.69) is 50.2 Å². The molecule has 0 aliphatic rings. The van der Waals surface area contributed by atoms with Gasteiger partial charge >= 0.3 is 5.97 Å². The molecule has 24 heavy (non-hydrogen) atoms. The third kappa shape index (κ3) is 4.31. The molecule has 7 heteroatoms. The van der Waals surface area contributed by atoms with E-state index in [0.29, 0.717) is 11.0 Å². The zero-order valence-electron chi connectivity index (χ0n) is 12.2. The van der Waals surface area contributed by atoms with Gasteiger partial charge in [0.1, 0.15) is 11.4 Å². The number of aliphatic carboxylic acids is 1. The van der Waals surface area contributed by atoms with E-state index in [0.717, 1.165) is 35.7 Å². The molecule has 0 saturated heterocycles. The predicted octanol–water partition coefficient (Wildman–Crippen LogP) is 5.39. The number of nitrogens with zero attached hydrogens (tertiary/aromatic N) is 1. The summed E-state index contributed by atoms with van der Waals surface area (Å²) in [5.74, 6) is -0.330. The Morgan fingerprint density at radius 2 is 1.54 bits per heavy atom. The van der Waals surface area contributed by atoms with Crippen LogP contribution in [0.15, 0.2) is 58.2 Å². The third-order valence-electron chi connectivity index (χ3n) is 3.15. The Balaban J connectivity index is 2.05. The first kappa shape index (κ1) is 17.7. The maximum atomic E-state index is 10.8. The highest BCUT2D eigenvalue weighted by Crippen LogP contribution is 2.36. The van der Waals surface area contributed by atoms with Crippen molar-refractivity contribution in [2.24, 2.45) is 0 Å². The van der Waals surface area contributed by atoms with Gasteiger partial charge in [0.05, 0.1) is 0 Å². The summed E-state index contributed by atoms with van der Waals surface area (Å²) in [7, 11) is 0. The molecule has 0 amide bonds. The molecule has 0 atom stereocenters. The van der Waals surface area contributed by atoms with E-state index in [1.807, 2.05) is 48.5 Å². The van der Waals surface area contributed by atoms with Crippen LogP contribution in [0.3, 0.4) is 0 Å². The molecular weight excluding hydrogens is 552 g/mol. The van der Waals surface area contributed by atoms with Crippen molar-refractivity contribution in [3.63, 3.8) is 0 Å². The van der Waals surface area contributed by atoms with Crippen molar-refractivity contribution in [2.75, 3.05) is 5.75 Å². The topological polar surface area (TPSA) is 63.3 Å². The zero-order chi connectivity index (χ0) is 17.1. The lowest BCUT2D eigenvalue weighted by atomic mass is 10.1. The number of aromatic nitrogens is 1. The third-order valence-corrected chi connectivity index (χ3v) is 5.40. The van der Waals surface area contributed by atoms with Crippen LogP contribution in [0.4, 0.5) is 0 Å². The average Bonchev–Trinajstić information content (AvgIpc) is 2.98. The summed E-state index contributed by atoms with van der Waals surface area (Å²) in [6.45, 7) is 0. The minimum atomic E-state index is -0.898. The van der Waals surface area contributed by atoms with Gasteiger partial charge < -0.3 is 9.52 Å². The van der Waals surface area contributed by atoms with Crippen molar-refractivity contribution in [1.82, 2.24) is 4.98 Å². The van der Waals surface area contributed by atoms with Gasteiger partial charge in [-0.1, -0.05) is 36.0 Å². The van der Waals surface area contributed by atoms with Gasteiger partial charge in [0, 0.05) is 18.3 Å². The van der Waals surface area contributed by atoms with Gasteiger partial charge in [-0.05, 0) is 69.4 Å². The second kappa shape index (κ2) is 7.87. The molecule has 122 valence electrons. The Hall–Kier alpha value is -1.07. The van der Waals surface area contributed by atoms with E-state index < -0.39 is 5.97 Å². The maximum absolute atomic E-state index is 10.8. The molecule has 0 radical (unpaired) electrons. The largest absolute Gasteiger partial charge is 0.481 e. The fourth-order valence-electron chi connectivity index (χ4n) is 2.09. The van der Waals surface area contributed by atoms with E-state index in [-0.39, 0.29) is 5.75 Å². The van der Waals surface area contributed by atoms with Gasteiger partial charge in [0.25, 0.3) is 5.22 Å². The Kier molecular flexibility index (Phi) is 5.82. The summed E-state index contributed by atoms with van der Waals surface area (Å²) < 4.78 is 8.13. The molecule has 0 aliphatic carbocycles. The first-order valence-corrected chi connectivity index (χ1v) is 10.0. The van der Waals surface area contributed by atoms with Crippen LogP contribution in [0.1, 0.15) is 0 Å². The van der Waals surface area contributed by atoms with E-state index in [1.165, 1.54) is 0 Å². The lowest BCUT2D eigenvalue weighted by Gasteiger charge is -2.02. The maximum Gasteiger partial charge on any atom is 0.314 e. The average molecular weight is 563 g/mol. The second-order valence-electron chi connectivity index (χ2n) is 4.85. The van der Waals surface area contributed by atoms with Crippen LogP contribution in [-0.4, -0.2) is 21.8 Å². The molecule has 0 spiro atoms. The normalized spacial score (nSPS) is 10.8. The van der Waals surface area contributed by atoms with Crippen LogP contribution < -0.4 is 0 Å². The molecule has 2 aromatic carbocycles. The molecule has 3 rings (SSSR count). The Morgan fingerprint density at radius 1 is 1.00 bits per heavy atom. The first-order valence-electron chi connectivity index (χ1n) is 6.90. The molecule has 1 N–H and O–H groups in total. The first-order chi connectivity index (χ1) is 11.5. The van der Waals surface area contributed by atoms with E-state index in [1.54, 1.807) is 0 Å². The van der Waals surface area contributed by atoms with Crippen molar-refractivity contribution < 1.29 is 14.3 Å². The zero-order valence-corrected chi connectivity index (χ0v) is 17.3. The number of hydrogen-bond donors (Lipinski definition) is 1. The molecular formula is C17H11I2NO3S. The summed E-state index contributed by atoms with van der Waals surface area (Å²) in [5.41, 5.74) is 2.58. The van der Waals surface area contributed by atoms with Crippen LogP contribution in [0.2, 0.25) is 0 Å². The van der Waals surface area contributed by atoms with Gasteiger partial charge in [-0.3, -0.25) is 4.79 Å². The quantitative estimate of drug-likeness (QED) is 0.333. The van der Waals surface area contributed by atoms with Crippen molar-refractivity contribution in [2.45, 2.75) is 5.22 Å². The molecule has 1 heterocycles.